The van der Waals surface area contributed by atoms with Crippen molar-refractivity contribution in [1.82, 2.24) is 0 Å². The Hall–Kier alpha value is -1.60. The number of hydrogen-bond donors (Lipinski definition) is 2. The van der Waals surface area contributed by atoms with Crippen molar-refractivity contribution < 1.29 is 41.0 Å². The van der Waals surface area contributed by atoms with E-state index in [1.54, 1.807) is 0 Å². The summed E-state index contributed by atoms with van der Waals surface area (Å²) >= 11 is 4.51. The minimum absolute atomic E-state index is 0.0675. The zero-order chi connectivity index (χ0) is 30.1. The molecular formula is C29H42F6O3S. The zero-order valence-electron chi connectivity index (χ0n) is 23.4. The molecule has 3 unspecified atom stereocenters. The third-order valence-electron chi connectivity index (χ3n) is 7.31. The molecule has 0 bridgehead atoms. The number of carbonyl (C=O) groups excluding carboxylic acids is 1. The van der Waals surface area contributed by atoms with Gasteiger partial charge in [0.15, 0.2) is 0 Å². The van der Waals surface area contributed by atoms with E-state index < -0.39 is 23.2 Å². The molecule has 0 aromatic heterocycles. The van der Waals surface area contributed by atoms with E-state index in [2.05, 4.69) is 24.8 Å². The van der Waals surface area contributed by atoms with Crippen LogP contribution in [0.15, 0.2) is 23.3 Å². The summed E-state index contributed by atoms with van der Waals surface area (Å²) in [6.45, 7) is 9.48. The molecule has 0 aromatic rings. The van der Waals surface area contributed by atoms with Crippen LogP contribution in [0.5, 0.6) is 0 Å². The lowest BCUT2D eigenvalue weighted by atomic mass is 9.70. The van der Waals surface area contributed by atoms with Crippen molar-refractivity contribution in [2.45, 2.75) is 128 Å². The molecule has 0 heterocycles. The van der Waals surface area contributed by atoms with Gasteiger partial charge in [0.05, 0.1) is 0 Å². The van der Waals surface area contributed by atoms with Gasteiger partial charge >= 0.3 is 23.9 Å². The number of hydrogen-bond acceptors (Lipinski definition) is 4. The van der Waals surface area contributed by atoms with E-state index in [4.69, 9.17) is 4.74 Å². The van der Waals surface area contributed by atoms with E-state index in [-0.39, 0.29) is 29.8 Å². The molecule has 0 aromatic carbocycles. The molecule has 1 fully saturated rings. The molecule has 1 rings (SSSR count). The normalized spacial score (nSPS) is 20.3. The largest absolute Gasteiger partial charge is 0.462 e. The maximum Gasteiger partial charge on any atom is 0.438 e. The van der Waals surface area contributed by atoms with Gasteiger partial charge in [-0.2, -0.15) is 39.0 Å². The van der Waals surface area contributed by atoms with E-state index >= 15 is 0 Å². The van der Waals surface area contributed by atoms with Crippen molar-refractivity contribution >= 4 is 18.6 Å². The van der Waals surface area contributed by atoms with E-state index in [0.29, 0.717) is 6.42 Å². The highest BCUT2D eigenvalue weighted by atomic mass is 32.1. The van der Waals surface area contributed by atoms with Gasteiger partial charge in [0.25, 0.3) is 0 Å². The van der Waals surface area contributed by atoms with Gasteiger partial charge in [-0.05, 0) is 69.1 Å². The van der Waals surface area contributed by atoms with Crippen LogP contribution in [-0.2, 0) is 9.53 Å². The van der Waals surface area contributed by atoms with Gasteiger partial charge in [-0.25, -0.2) is 0 Å². The van der Waals surface area contributed by atoms with Crippen LogP contribution in [0, 0.1) is 23.2 Å². The number of ether oxygens (including phenoxy) is 1. The van der Waals surface area contributed by atoms with Crippen molar-refractivity contribution in [2.24, 2.45) is 11.3 Å². The number of thiol groups is 1. The zero-order valence-corrected chi connectivity index (χ0v) is 24.3. The van der Waals surface area contributed by atoms with Crippen molar-refractivity contribution in [3.63, 3.8) is 0 Å². The molecule has 0 spiro atoms. The molecule has 0 radical (unpaired) electrons. The molecule has 0 aliphatic heterocycles. The average Bonchev–Trinajstić information content (AvgIpc) is 2.79. The van der Waals surface area contributed by atoms with Gasteiger partial charge in [-0.3, -0.25) is 4.79 Å². The first-order valence-electron chi connectivity index (χ1n) is 13.4. The van der Waals surface area contributed by atoms with Crippen LogP contribution >= 0.6 is 12.6 Å². The summed E-state index contributed by atoms with van der Waals surface area (Å²) in [4.78, 5) is 11.2. The molecule has 1 aliphatic rings. The first-order chi connectivity index (χ1) is 17.8. The maximum absolute atomic E-state index is 12.9. The summed E-state index contributed by atoms with van der Waals surface area (Å²) in [6.07, 6.45) is -0.627. The lowest BCUT2D eigenvalue weighted by Gasteiger charge is -2.38. The van der Waals surface area contributed by atoms with Gasteiger partial charge in [0.1, 0.15) is 6.10 Å². The van der Waals surface area contributed by atoms with E-state index in [9.17, 15) is 36.2 Å². The minimum atomic E-state index is -5.96. The molecule has 224 valence electrons. The second kappa shape index (κ2) is 14.9. The second-order valence-electron chi connectivity index (χ2n) is 11.2. The van der Waals surface area contributed by atoms with Gasteiger partial charge in [-0.1, -0.05) is 56.4 Å². The Balaban J connectivity index is 2.81. The number of alkyl halides is 6. The lowest BCUT2D eigenvalue weighted by molar-refractivity contribution is -0.343. The number of carbonyl (C=O) groups is 1. The Labute approximate surface area is 234 Å². The van der Waals surface area contributed by atoms with E-state index in [1.807, 2.05) is 33.6 Å². The number of aliphatic hydroxyl groups is 1. The summed E-state index contributed by atoms with van der Waals surface area (Å²) in [5.41, 5.74) is -2.92. The number of esters is 1. The van der Waals surface area contributed by atoms with Gasteiger partial charge in [0.2, 0.25) is 0 Å². The van der Waals surface area contributed by atoms with Crippen LogP contribution in [0.4, 0.5) is 26.3 Å². The fraction of sp³-hybridized carbons (Fsp3) is 0.759. The van der Waals surface area contributed by atoms with Crippen LogP contribution in [0.3, 0.4) is 0 Å². The standard InChI is InChI=1S/C29H42F6O3S/c1-6-10-24(25(39)14-9-18-27(37,28(30,31)32)29(33,34)35)26(4,5)17-8-11-20(2)15-16-22-12-7-13-23(19-22)38-21(3)36/h15-16,23-25,37,39H,6-8,10-14,17,19H2,1-5H3/b20-15-,22-16-. The summed E-state index contributed by atoms with van der Waals surface area (Å²) in [6, 6.07) is 0. The highest BCUT2D eigenvalue weighted by molar-refractivity contribution is 7.81. The summed E-state index contributed by atoms with van der Waals surface area (Å²) in [7, 11) is 0. The second-order valence-corrected chi connectivity index (χ2v) is 11.8. The number of allylic oxidation sites excluding steroid dienone is 3. The highest BCUT2D eigenvalue weighted by Crippen LogP contribution is 2.43. The Kier molecular flexibility index (Phi) is 13.5. The number of rotatable bonds is 11. The van der Waals surface area contributed by atoms with E-state index in [0.717, 1.165) is 57.3 Å². The summed E-state index contributed by atoms with van der Waals surface area (Å²) in [5, 5.41) is 8.70. The average molecular weight is 585 g/mol. The Morgan fingerprint density at radius 3 is 2.33 bits per heavy atom. The van der Waals surface area contributed by atoms with Gasteiger partial charge < -0.3 is 9.84 Å². The quantitative estimate of drug-likeness (QED) is 0.111. The Morgan fingerprint density at radius 1 is 1.18 bits per heavy atom. The molecular weight excluding hydrogens is 542 g/mol. The fourth-order valence-electron chi connectivity index (χ4n) is 5.03. The number of halogens is 6. The first-order valence-corrected chi connectivity index (χ1v) is 13.9. The molecule has 1 aliphatic carbocycles. The monoisotopic (exact) mass is 584 g/mol. The SMILES string of the molecule is CCCC(C(S)CC#CC(O)(C(F)(F)F)C(F)(F)F)C(C)(C)CCC/C(C)=C\C=C1\CCCC(OC(C)=O)C1. The topological polar surface area (TPSA) is 46.5 Å². The van der Waals surface area contributed by atoms with Crippen LogP contribution in [0.1, 0.15) is 98.8 Å². The molecule has 3 nitrogen and oxygen atoms in total. The van der Waals surface area contributed by atoms with Gasteiger partial charge in [-0.15, -0.1) is 0 Å². The summed E-state index contributed by atoms with van der Waals surface area (Å²) in [5.74, 6) is 2.59. The maximum atomic E-state index is 12.9. The van der Waals surface area contributed by atoms with Crippen LogP contribution in [0.25, 0.3) is 0 Å². The van der Waals surface area contributed by atoms with Crippen LogP contribution in [-0.4, -0.2) is 40.4 Å². The van der Waals surface area contributed by atoms with Gasteiger partial charge in [0, 0.05) is 25.0 Å². The van der Waals surface area contributed by atoms with Crippen LogP contribution < -0.4 is 0 Å². The molecule has 1 saturated carbocycles. The predicted molar refractivity (Wildman–Crippen MR) is 144 cm³/mol. The Morgan fingerprint density at radius 2 is 1.79 bits per heavy atom. The molecule has 0 saturated heterocycles. The third kappa shape index (κ3) is 11.1. The Bertz CT molecular complexity index is 910. The highest BCUT2D eigenvalue weighted by Gasteiger charge is 2.70. The van der Waals surface area contributed by atoms with Crippen LogP contribution in [0.2, 0.25) is 0 Å². The summed E-state index contributed by atoms with van der Waals surface area (Å²) < 4.78 is 82.8. The van der Waals surface area contributed by atoms with Crippen molar-refractivity contribution in [3.8, 4) is 11.8 Å². The van der Waals surface area contributed by atoms with Crippen molar-refractivity contribution in [2.75, 3.05) is 0 Å². The fourth-order valence-corrected chi connectivity index (χ4v) is 5.68. The van der Waals surface area contributed by atoms with Crippen molar-refractivity contribution in [3.05, 3.63) is 23.3 Å². The minimum Gasteiger partial charge on any atom is -0.462 e. The molecule has 39 heavy (non-hydrogen) atoms. The molecule has 3 atom stereocenters. The predicted octanol–water partition coefficient (Wildman–Crippen LogP) is 8.53. The molecule has 10 heteroatoms. The van der Waals surface area contributed by atoms with E-state index in [1.165, 1.54) is 18.1 Å². The smallest absolute Gasteiger partial charge is 0.438 e. The van der Waals surface area contributed by atoms with Crippen molar-refractivity contribution in [1.29, 1.82) is 0 Å². The third-order valence-corrected chi connectivity index (χ3v) is 7.85. The molecule has 1 N–H and O–H groups in total. The first kappa shape index (κ1) is 35.4. The molecule has 0 amide bonds. The lowest BCUT2D eigenvalue weighted by Crippen LogP contribution is -2.55.